The summed E-state index contributed by atoms with van der Waals surface area (Å²) in [6.07, 6.45) is 6.10. The lowest BCUT2D eigenvalue weighted by molar-refractivity contribution is 0.305. The third kappa shape index (κ3) is 61.1. The molecule has 0 rings (SSSR count). The van der Waals surface area contributed by atoms with Crippen molar-refractivity contribution in [3.8, 4) is 23.8 Å². The van der Waals surface area contributed by atoms with E-state index in [-0.39, 0.29) is 6.61 Å². The zero-order chi connectivity index (χ0) is 19.2. The number of aliphatic hydroxyl groups is 1. The quantitative estimate of drug-likeness (QED) is 0.309. The fraction of sp³-hybridized carbons (Fsp3) is 0.765. The maximum atomic E-state index is 7.92. The minimum Gasteiger partial charge on any atom is -0.417 e. The maximum Gasteiger partial charge on any atom is 0.183 e. The smallest absolute Gasteiger partial charge is 0.183 e. The van der Waals surface area contributed by atoms with Gasteiger partial charge in [-0.1, -0.05) is 39.3 Å². The average Bonchev–Trinajstić information content (AvgIpc) is 2.25. The first-order valence-corrected chi connectivity index (χ1v) is 19.4. The molecule has 0 aliphatic carbocycles. The van der Waals surface area contributed by atoms with Crippen LogP contribution in [0.5, 0.6) is 0 Å². The predicted octanol–water partition coefficient (Wildman–Crippen LogP) is 5.17. The van der Waals surface area contributed by atoms with Gasteiger partial charge in [-0.05, 0) is 19.6 Å². The Bertz CT molecular complexity index is 368. The molecule has 0 fully saturated rings. The Morgan fingerprint density at radius 3 is 1.61 bits per heavy atom. The molecular formula is C17H37ClO2Si3. The highest BCUT2D eigenvalue weighted by molar-refractivity contribution is 7.18. The van der Waals surface area contributed by atoms with Gasteiger partial charge >= 0.3 is 0 Å². The second kappa shape index (κ2) is 14.3. The molecule has 136 valence electrons. The Labute approximate surface area is 153 Å². The monoisotopic (exact) mass is 392 g/mol. The van der Waals surface area contributed by atoms with E-state index in [1.165, 1.54) is 0 Å². The second-order valence-corrected chi connectivity index (χ2v) is 24.8. The van der Waals surface area contributed by atoms with Crippen molar-refractivity contribution in [3.05, 3.63) is 0 Å². The summed E-state index contributed by atoms with van der Waals surface area (Å²) in [7, 11) is -3.61. The van der Waals surface area contributed by atoms with Crippen molar-refractivity contribution in [3.63, 3.8) is 0 Å². The summed E-state index contributed by atoms with van der Waals surface area (Å²) in [4.78, 5) is 0. The van der Waals surface area contributed by atoms with Gasteiger partial charge in [-0.3, -0.25) is 0 Å². The molecule has 0 aliphatic heterocycles. The third-order valence-corrected chi connectivity index (χ3v) is 3.48. The molecule has 0 amide bonds. The molecule has 0 aromatic rings. The van der Waals surface area contributed by atoms with Crippen LogP contribution in [0.4, 0.5) is 0 Å². The highest BCUT2D eigenvalue weighted by Gasteiger charge is 2.12. The van der Waals surface area contributed by atoms with Gasteiger partial charge in [-0.25, -0.2) is 0 Å². The van der Waals surface area contributed by atoms with E-state index in [1.54, 1.807) is 0 Å². The maximum absolute atomic E-state index is 7.92. The Balaban J connectivity index is -0.000000329. The molecule has 0 heterocycles. The molecule has 1 N–H and O–H groups in total. The van der Waals surface area contributed by atoms with E-state index in [0.29, 0.717) is 6.42 Å². The van der Waals surface area contributed by atoms with Gasteiger partial charge in [0.1, 0.15) is 15.5 Å². The minimum absolute atomic E-state index is 0.108. The molecule has 6 heteroatoms. The lowest BCUT2D eigenvalue weighted by Crippen LogP contribution is -2.25. The zero-order valence-corrected chi connectivity index (χ0v) is 20.4. The molecule has 0 radical (unpaired) electrons. The highest BCUT2D eigenvalue weighted by atomic mass is 35.6. The van der Waals surface area contributed by atoms with Crippen molar-refractivity contribution in [2.75, 3.05) is 13.2 Å². The number of hydrogen-bond donors (Lipinski definition) is 1. The van der Waals surface area contributed by atoms with Gasteiger partial charge in [-0.15, -0.1) is 23.8 Å². The molecule has 0 aliphatic rings. The Morgan fingerprint density at radius 1 is 0.957 bits per heavy atom. The van der Waals surface area contributed by atoms with Crippen LogP contribution in [0.15, 0.2) is 0 Å². The number of hydrogen-bond acceptors (Lipinski definition) is 2. The van der Waals surface area contributed by atoms with Crippen LogP contribution in [0.1, 0.15) is 12.8 Å². The normalized spacial score (nSPS) is 10.9. The van der Waals surface area contributed by atoms with Crippen LogP contribution in [0.3, 0.4) is 0 Å². The molecular weight excluding hydrogens is 356 g/mol. The lowest BCUT2D eigenvalue weighted by atomic mass is 10.5. The topological polar surface area (TPSA) is 29.5 Å². The van der Waals surface area contributed by atoms with Crippen molar-refractivity contribution < 1.29 is 9.53 Å². The average molecular weight is 393 g/mol. The van der Waals surface area contributed by atoms with Crippen molar-refractivity contribution in [1.29, 1.82) is 0 Å². The van der Waals surface area contributed by atoms with E-state index in [2.05, 4.69) is 76.3 Å². The van der Waals surface area contributed by atoms with E-state index in [1.807, 2.05) is 0 Å². The van der Waals surface area contributed by atoms with Crippen molar-refractivity contribution in [2.45, 2.75) is 71.8 Å². The fourth-order valence-corrected chi connectivity index (χ4v) is 2.17. The van der Waals surface area contributed by atoms with E-state index in [0.717, 1.165) is 13.0 Å². The van der Waals surface area contributed by atoms with Gasteiger partial charge in [0.2, 0.25) is 0 Å². The SMILES string of the molecule is C#CCCO.C[Si](C)(C)C#CCCO[Si](C)(C)C.C[Si](C)(C)Cl. The Kier molecular flexibility index (Phi) is 17.3. The molecule has 0 aromatic heterocycles. The van der Waals surface area contributed by atoms with Gasteiger partial charge in [0.05, 0.1) is 6.61 Å². The van der Waals surface area contributed by atoms with Gasteiger partial charge in [0, 0.05) is 19.4 Å². The van der Waals surface area contributed by atoms with Crippen molar-refractivity contribution >= 4 is 34.9 Å². The van der Waals surface area contributed by atoms with E-state index in [4.69, 9.17) is 27.0 Å². The molecule has 0 spiro atoms. The molecule has 0 atom stereocenters. The minimum atomic E-state index is -1.31. The fourth-order valence-electron chi connectivity index (χ4n) is 0.800. The van der Waals surface area contributed by atoms with Crippen LogP contribution in [-0.4, -0.2) is 42.1 Å². The van der Waals surface area contributed by atoms with Gasteiger partial charge in [0.25, 0.3) is 0 Å². The van der Waals surface area contributed by atoms with E-state index in [9.17, 15) is 0 Å². The highest BCUT2D eigenvalue weighted by Crippen LogP contribution is 2.03. The predicted molar refractivity (Wildman–Crippen MR) is 115 cm³/mol. The Morgan fingerprint density at radius 2 is 1.39 bits per heavy atom. The van der Waals surface area contributed by atoms with E-state index < -0.39 is 23.8 Å². The molecule has 2 nitrogen and oxygen atoms in total. The number of aliphatic hydroxyl groups excluding tert-OH is 1. The molecule has 0 saturated heterocycles. The van der Waals surface area contributed by atoms with Crippen LogP contribution >= 0.6 is 11.1 Å². The van der Waals surface area contributed by atoms with Crippen LogP contribution < -0.4 is 0 Å². The van der Waals surface area contributed by atoms with Gasteiger partial charge in [0.15, 0.2) is 8.32 Å². The summed E-state index contributed by atoms with van der Waals surface area (Å²) in [5.41, 5.74) is 3.33. The van der Waals surface area contributed by atoms with Crippen LogP contribution in [-0.2, 0) is 4.43 Å². The van der Waals surface area contributed by atoms with Gasteiger partial charge in [-0.2, -0.15) is 11.1 Å². The number of rotatable bonds is 4. The standard InChI is InChI=1S/C10H22OSi2.C4H6O.C3H9ClSi/c1-12(2,3)10-8-7-9-11-13(4,5)6;1-2-3-4-5;1-5(2,3)4/h7,9H2,1-6H3;1,5H,3-4H2;1-3H3. The zero-order valence-electron chi connectivity index (χ0n) is 16.6. The molecule has 0 aromatic carbocycles. The van der Waals surface area contributed by atoms with E-state index >= 15 is 0 Å². The van der Waals surface area contributed by atoms with Crippen molar-refractivity contribution in [1.82, 2.24) is 0 Å². The third-order valence-electron chi connectivity index (χ3n) is 1.48. The largest absolute Gasteiger partial charge is 0.417 e. The Hall–Kier alpha value is -0.0194. The van der Waals surface area contributed by atoms with Crippen LogP contribution in [0.2, 0.25) is 58.9 Å². The summed E-state index contributed by atoms with van der Waals surface area (Å²) < 4.78 is 5.70. The summed E-state index contributed by atoms with van der Waals surface area (Å²) >= 11 is 5.67. The summed E-state index contributed by atoms with van der Waals surface area (Å²) in [5, 5.41) is 7.92. The number of halogens is 1. The first-order chi connectivity index (χ1) is 10.1. The molecule has 0 bridgehead atoms. The summed E-state index contributed by atoms with van der Waals surface area (Å²) in [5.74, 6) is 5.47. The van der Waals surface area contributed by atoms with Crippen LogP contribution in [0, 0.1) is 23.8 Å². The molecule has 0 unspecified atom stereocenters. The first kappa shape index (κ1) is 27.8. The summed E-state index contributed by atoms with van der Waals surface area (Å²) in [6, 6.07) is 0. The van der Waals surface area contributed by atoms with Crippen molar-refractivity contribution in [2.24, 2.45) is 0 Å². The summed E-state index contributed by atoms with van der Waals surface area (Å²) in [6.45, 7) is 20.6. The number of terminal acetylenes is 1. The molecule has 23 heavy (non-hydrogen) atoms. The molecule has 0 saturated carbocycles. The first-order valence-electron chi connectivity index (χ1n) is 7.99. The second-order valence-electron chi connectivity index (χ2n) is 8.01. The lowest BCUT2D eigenvalue weighted by Gasteiger charge is -2.15. The van der Waals surface area contributed by atoms with Crippen LogP contribution in [0.25, 0.3) is 0 Å². The van der Waals surface area contributed by atoms with Gasteiger partial charge < -0.3 is 9.53 Å².